The second kappa shape index (κ2) is 8.22. The first-order valence-corrected chi connectivity index (χ1v) is 9.07. The van der Waals surface area contributed by atoms with Gasteiger partial charge in [0.05, 0.1) is 11.2 Å². The highest BCUT2D eigenvalue weighted by molar-refractivity contribution is 7.99. The van der Waals surface area contributed by atoms with Gasteiger partial charge in [-0.15, -0.1) is 10.2 Å². The van der Waals surface area contributed by atoms with Crippen LogP contribution in [0, 0.1) is 6.92 Å². The van der Waals surface area contributed by atoms with Gasteiger partial charge in [-0.3, -0.25) is 0 Å². The number of halogens is 1. The number of para-hydroxylation sites is 1. The Labute approximate surface area is 154 Å². The molecule has 0 aliphatic rings. The molecule has 0 saturated carbocycles. The molecule has 2 heterocycles. The summed E-state index contributed by atoms with van der Waals surface area (Å²) in [5.41, 5.74) is 0.981. The molecule has 130 valence electrons. The highest BCUT2D eigenvalue weighted by atomic mass is 35.5. The molecule has 0 unspecified atom stereocenters. The number of thioether (sulfide) groups is 1. The van der Waals surface area contributed by atoms with Crippen LogP contribution < -0.4 is 4.74 Å². The summed E-state index contributed by atoms with van der Waals surface area (Å²) in [5.74, 6) is 2.88. The van der Waals surface area contributed by atoms with Gasteiger partial charge in [-0.05, 0) is 36.4 Å². The molecule has 2 aromatic heterocycles. The lowest BCUT2D eigenvalue weighted by Crippen LogP contribution is -1.96. The first-order chi connectivity index (χ1) is 12.2. The van der Waals surface area contributed by atoms with Crippen molar-refractivity contribution in [1.82, 2.24) is 14.9 Å². The van der Waals surface area contributed by atoms with Crippen LogP contribution >= 0.6 is 23.4 Å². The molecular formula is C17H17ClN4O2S. The zero-order chi connectivity index (χ0) is 17.6. The van der Waals surface area contributed by atoms with E-state index < -0.39 is 0 Å². The van der Waals surface area contributed by atoms with Gasteiger partial charge in [-0.1, -0.05) is 42.4 Å². The first kappa shape index (κ1) is 17.6. The van der Waals surface area contributed by atoms with E-state index in [-0.39, 0.29) is 0 Å². The zero-order valence-electron chi connectivity index (χ0n) is 13.8. The van der Waals surface area contributed by atoms with Gasteiger partial charge >= 0.3 is 0 Å². The monoisotopic (exact) mass is 376 g/mol. The van der Waals surface area contributed by atoms with Crippen molar-refractivity contribution in [3.8, 4) is 5.75 Å². The van der Waals surface area contributed by atoms with Crippen molar-refractivity contribution in [1.29, 1.82) is 0 Å². The minimum Gasteiger partial charge on any atom is -0.484 e. The Kier molecular flexibility index (Phi) is 5.78. The van der Waals surface area contributed by atoms with Crippen molar-refractivity contribution in [2.24, 2.45) is 5.10 Å². The van der Waals surface area contributed by atoms with Crippen molar-refractivity contribution >= 4 is 29.6 Å². The molecule has 0 amide bonds. The predicted octanol–water partition coefficient (Wildman–Crippen LogP) is 4.41. The van der Waals surface area contributed by atoms with Gasteiger partial charge in [0, 0.05) is 0 Å². The van der Waals surface area contributed by atoms with Crippen LogP contribution in [0.4, 0.5) is 0 Å². The maximum absolute atomic E-state index is 6.15. The summed E-state index contributed by atoms with van der Waals surface area (Å²) in [5, 5.41) is 13.5. The smallest absolute Gasteiger partial charge is 0.211 e. The average molecular weight is 377 g/mol. The van der Waals surface area contributed by atoms with E-state index >= 15 is 0 Å². The number of aromatic nitrogens is 3. The fourth-order valence-electron chi connectivity index (χ4n) is 2.13. The minimum absolute atomic E-state index is 0.294. The summed E-state index contributed by atoms with van der Waals surface area (Å²) in [7, 11) is 0. The predicted molar refractivity (Wildman–Crippen MR) is 98.6 cm³/mol. The van der Waals surface area contributed by atoms with Crippen molar-refractivity contribution < 1.29 is 9.15 Å². The summed E-state index contributed by atoms with van der Waals surface area (Å²) in [6, 6.07) is 9.32. The molecular weight excluding hydrogens is 360 g/mol. The molecule has 0 aliphatic carbocycles. The number of ether oxygens (including phenoxy) is 1. The van der Waals surface area contributed by atoms with Gasteiger partial charge in [0.25, 0.3) is 0 Å². The molecule has 3 aromatic rings. The summed E-state index contributed by atoms with van der Waals surface area (Å²) >= 11 is 7.72. The van der Waals surface area contributed by atoms with Gasteiger partial charge < -0.3 is 9.15 Å². The average Bonchev–Trinajstić information content (AvgIpc) is 3.22. The fourth-order valence-corrected chi connectivity index (χ4v) is 2.99. The lowest BCUT2D eigenvalue weighted by atomic mass is 10.2. The van der Waals surface area contributed by atoms with E-state index in [0.29, 0.717) is 28.9 Å². The molecule has 0 spiro atoms. The molecule has 0 radical (unpaired) electrons. The van der Waals surface area contributed by atoms with Crippen molar-refractivity contribution in [2.45, 2.75) is 25.6 Å². The van der Waals surface area contributed by atoms with Crippen LogP contribution in [0.2, 0.25) is 5.02 Å². The number of nitrogens with zero attached hydrogens (tertiary/aromatic N) is 4. The molecule has 0 N–H and O–H groups in total. The van der Waals surface area contributed by atoms with Gasteiger partial charge in [-0.25, -0.2) is 0 Å². The standard InChI is InChI=1S/C17H17ClN4O2S/c1-3-25-17-21-19-11-22(17)20-9-13-7-8-14(24-13)10-23-16-12(2)5-4-6-15(16)18/h4-9,11H,3,10H2,1-2H3/b20-9-. The summed E-state index contributed by atoms with van der Waals surface area (Å²) in [6.45, 7) is 4.29. The summed E-state index contributed by atoms with van der Waals surface area (Å²) in [4.78, 5) is 0. The minimum atomic E-state index is 0.294. The van der Waals surface area contributed by atoms with E-state index in [4.69, 9.17) is 20.8 Å². The van der Waals surface area contributed by atoms with Crippen molar-refractivity contribution in [2.75, 3.05) is 5.75 Å². The number of furan rings is 1. The largest absolute Gasteiger partial charge is 0.484 e. The Hall–Kier alpha value is -2.25. The van der Waals surface area contributed by atoms with Crippen molar-refractivity contribution in [3.05, 3.63) is 58.8 Å². The van der Waals surface area contributed by atoms with Gasteiger partial charge in [0.2, 0.25) is 5.16 Å². The lowest BCUT2D eigenvalue weighted by Gasteiger charge is -2.09. The van der Waals surface area contributed by atoms with Crippen LogP contribution in [0.25, 0.3) is 0 Å². The third kappa shape index (κ3) is 4.43. The van der Waals surface area contributed by atoms with E-state index in [0.717, 1.165) is 16.5 Å². The van der Waals surface area contributed by atoms with Crippen LogP contribution in [0.5, 0.6) is 5.75 Å². The van der Waals surface area contributed by atoms with E-state index in [2.05, 4.69) is 15.3 Å². The quantitative estimate of drug-likeness (QED) is 0.451. The van der Waals surface area contributed by atoms with Crippen molar-refractivity contribution in [3.63, 3.8) is 0 Å². The molecule has 0 aliphatic heterocycles. The highest BCUT2D eigenvalue weighted by Gasteiger charge is 2.07. The number of rotatable bonds is 7. The molecule has 0 saturated heterocycles. The van der Waals surface area contributed by atoms with E-state index in [1.807, 2.05) is 38.1 Å². The molecule has 3 rings (SSSR count). The Morgan fingerprint density at radius 2 is 2.24 bits per heavy atom. The topological polar surface area (TPSA) is 65.4 Å². The van der Waals surface area contributed by atoms with Gasteiger partial charge in [0.15, 0.2) is 0 Å². The molecule has 8 heteroatoms. The highest BCUT2D eigenvalue weighted by Crippen LogP contribution is 2.28. The third-order valence-corrected chi connectivity index (χ3v) is 4.40. The number of hydrogen-bond donors (Lipinski definition) is 0. The maximum atomic E-state index is 6.15. The second-order valence-electron chi connectivity index (χ2n) is 5.11. The molecule has 0 fully saturated rings. The second-order valence-corrected chi connectivity index (χ2v) is 6.75. The van der Waals surface area contributed by atoms with Crippen LogP contribution in [-0.4, -0.2) is 26.8 Å². The molecule has 1 aromatic carbocycles. The molecule has 0 bridgehead atoms. The SMILES string of the molecule is CCSc1nncn1/N=C\c1ccc(COc2c(C)cccc2Cl)o1. The Balaban J connectivity index is 1.64. The normalized spacial score (nSPS) is 11.3. The Morgan fingerprint density at radius 3 is 3.04 bits per heavy atom. The number of benzene rings is 1. The Bertz CT molecular complexity index is 855. The number of aryl methyl sites for hydroxylation is 1. The third-order valence-electron chi connectivity index (χ3n) is 3.29. The van der Waals surface area contributed by atoms with Gasteiger partial charge in [-0.2, -0.15) is 9.78 Å². The Morgan fingerprint density at radius 1 is 1.36 bits per heavy atom. The van der Waals surface area contributed by atoms with Gasteiger partial charge in [0.1, 0.15) is 30.2 Å². The number of hydrogen-bond acceptors (Lipinski definition) is 6. The summed E-state index contributed by atoms with van der Waals surface area (Å²) < 4.78 is 13.1. The molecule has 25 heavy (non-hydrogen) atoms. The van der Waals surface area contributed by atoms with Crippen LogP contribution in [-0.2, 0) is 6.61 Å². The van der Waals surface area contributed by atoms with Crippen LogP contribution in [0.1, 0.15) is 24.0 Å². The fraction of sp³-hybridized carbons (Fsp3) is 0.235. The van der Waals surface area contributed by atoms with Crippen LogP contribution in [0.3, 0.4) is 0 Å². The van der Waals surface area contributed by atoms with E-state index in [1.165, 1.54) is 0 Å². The zero-order valence-corrected chi connectivity index (χ0v) is 15.4. The lowest BCUT2D eigenvalue weighted by molar-refractivity contribution is 0.268. The summed E-state index contributed by atoms with van der Waals surface area (Å²) in [6.07, 6.45) is 3.18. The molecule has 6 nitrogen and oxygen atoms in total. The first-order valence-electron chi connectivity index (χ1n) is 7.71. The molecule has 0 atom stereocenters. The van der Waals surface area contributed by atoms with E-state index in [1.54, 1.807) is 35.0 Å². The van der Waals surface area contributed by atoms with E-state index in [9.17, 15) is 0 Å². The maximum Gasteiger partial charge on any atom is 0.211 e. The van der Waals surface area contributed by atoms with Crippen LogP contribution in [0.15, 0.2) is 51.3 Å².